The molecule has 4 rings (SSSR count). The molecule has 0 spiro atoms. The monoisotopic (exact) mass is 294 g/mol. The average Bonchev–Trinajstić information content (AvgIpc) is 3.03. The van der Waals surface area contributed by atoms with E-state index >= 15 is 0 Å². The highest BCUT2D eigenvalue weighted by atomic mass is 35.5. The van der Waals surface area contributed by atoms with Crippen molar-refractivity contribution in [1.82, 2.24) is 0 Å². The van der Waals surface area contributed by atoms with Crippen molar-refractivity contribution in [2.75, 3.05) is 6.79 Å². The van der Waals surface area contributed by atoms with Crippen LogP contribution in [0.5, 0.6) is 23.0 Å². The van der Waals surface area contributed by atoms with Gasteiger partial charge in [0.05, 0.1) is 5.56 Å². The molecule has 0 radical (unpaired) electrons. The van der Waals surface area contributed by atoms with Gasteiger partial charge in [-0.15, -0.1) is 0 Å². The van der Waals surface area contributed by atoms with Gasteiger partial charge in [-0.2, -0.15) is 0 Å². The van der Waals surface area contributed by atoms with Crippen molar-refractivity contribution in [3.05, 3.63) is 36.1 Å². The van der Waals surface area contributed by atoms with E-state index in [4.69, 9.17) is 30.5 Å². The predicted octanol–water partition coefficient (Wildman–Crippen LogP) is 3.52. The van der Waals surface area contributed by atoms with Crippen molar-refractivity contribution in [3.63, 3.8) is 0 Å². The van der Waals surface area contributed by atoms with Crippen molar-refractivity contribution in [2.24, 2.45) is 0 Å². The van der Waals surface area contributed by atoms with Gasteiger partial charge in [-0.05, 0) is 29.8 Å². The lowest BCUT2D eigenvalue weighted by Crippen LogP contribution is -2.08. The van der Waals surface area contributed by atoms with Crippen molar-refractivity contribution < 1.29 is 23.3 Å². The first-order valence-electron chi connectivity index (χ1n) is 5.93. The summed E-state index contributed by atoms with van der Waals surface area (Å²) in [5.41, 5.74) is 0.803. The predicted molar refractivity (Wildman–Crippen MR) is 68.9 cm³/mol. The van der Waals surface area contributed by atoms with E-state index in [1.165, 1.54) is 12.1 Å². The van der Waals surface area contributed by atoms with Crippen molar-refractivity contribution in [2.45, 2.75) is 5.75 Å². The van der Waals surface area contributed by atoms with Crippen LogP contribution in [0, 0.1) is 5.82 Å². The number of ether oxygens (including phenoxy) is 4. The van der Waals surface area contributed by atoms with E-state index in [1.54, 1.807) is 18.2 Å². The lowest BCUT2D eigenvalue weighted by molar-refractivity contribution is 0.128. The van der Waals surface area contributed by atoms with Crippen LogP contribution in [0.3, 0.4) is 0 Å². The van der Waals surface area contributed by atoms with Crippen molar-refractivity contribution in [3.8, 4) is 34.1 Å². The fraction of sp³-hybridized carbons (Fsp3) is 0.143. The SMILES string of the molecule is Fc1ccc2c(c1-c1cccc3c1OC(Cl)O3)OCO2. The number of benzene rings is 2. The van der Waals surface area contributed by atoms with Gasteiger partial charge in [0.1, 0.15) is 5.82 Å². The third-order valence-corrected chi connectivity index (χ3v) is 3.34. The number of rotatable bonds is 1. The number of para-hydroxylation sites is 1. The van der Waals surface area contributed by atoms with Crippen LogP contribution in [0.25, 0.3) is 11.1 Å². The largest absolute Gasteiger partial charge is 0.454 e. The second-order valence-corrected chi connectivity index (χ2v) is 4.66. The Balaban J connectivity index is 1.96. The molecule has 0 N–H and O–H groups in total. The molecule has 0 fully saturated rings. The summed E-state index contributed by atoms with van der Waals surface area (Å²) in [5, 5.41) is 0. The van der Waals surface area contributed by atoms with Gasteiger partial charge in [-0.25, -0.2) is 4.39 Å². The van der Waals surface area contributed by atoms with E-state index in [0.29, 0.717) is 28.6 Å². The molecule has 102 valence electrons. The normalized spacial score (nSPS) is 18.4. The molecule has 0 aliphatic carbocycles. The first kappa shape index (κ1) is 11.7. The number of hydrogen-bond acceptors (Lipinski definition) is 4. The molecule has 2 aliphatic heterocycles. The van der Waals surface area contributed by atoms with Crippen molar-refractivity contribution in [1.29, 1.82) is 0 Å². The lowest BCUT2D eigenvalue weighted by atomic mass is 10.0. The van der Waals surface area contributed by atoms with Gasteiger partial charge in [-0.1, -0.05) is 12.1 Å². The van der Waals surface area contributed by atoms with Crippen LogP contribution in [0.15, 0.2) is 30.3 Å². The van der Waals surface area contributed by atoms with Gasteiger partial charge in [0.15, 0.2) is 23.0 Å². The van der Waals surface area contributed by atoms with Gasteiger partial charge >= 0.3 is 5.75 Å². The van der Waals surface area contributed by atoms with E-state index < -0.39 is 11.6 Å². The van der Waals surface area contributed by atoms with E-state index in [0.717, 1.165) is 0 Å². The van der Waals surface area contributed by atoms with Gasteiger partial charge in [0.2, 0.25) is 6.79 Å². The van der Waals surface area contributed by atoms with Gasteiger partial charge < -0.3 is 18.9 Å². The third kappa shape index (κ3) is 1.59. The van der Waals surface area contributed by atoms with E-state index in [9.17, 15) is 4.39 Å². The topological polar surface area (TPSA) is 36.9 Å². The molecule has 1 atom stereocenters. The highest BCUT2D eigenvalue weighted by Crippen LogP contribution is 2.50. The van der Waals surface area contributed by atoms with E-state index in [-0.39, 0.29) is 12.4 Å². The molecular weight excluding hydrogens is 287 g/mol. The minimum Gasteiger partial charge on any atom is -0.454 e. The third-order valence-electron chi connectivity index (χ3n) is 3.17. The first-order valence-corrected chi connectivity index (χ1v) is 6.36. The maximum Gasteiger partial charge on any atom is 0.322 e. The molecule has 0 bridgehead atoms. The zero-order chi connectivity index (χ0) is 13.7. The molecule has 1 unspecified atom stereocenters. The summed E-state index contributed by atoms with van der Waals surface area (Å²) in [6, 6.07) is 8.03. The highest BCUT2D eigenvalue weighted by Gasteiger charge is 2.30. The second-order valence-electron chi connectivity index (χ2n) is 4.30. The van der Waals surface area contributed by atoms with Crippen LogP contribution in [0.4, 0.5) is 4.39 Å². The Morgan fingerprint density at radius 3 is 2.80 bits per heavy atom. The number of fused-ring (bicyclic) bond motifs is 2. The van der Waals surface area contributed by atoms with E-state index in [2.05, 4.69) is 0 Å². The Bertz CT molecular complexity index is 704. The van der Waals surface area contributed by atoms with Crippen molar-refractivity contribution >= 4 is 11.6 Å². The molecule has 2 heterocycles. The summed E-state index contributed by atoms with van der Waals surface area (Å²) >= 11 is 5.80. The van der Waals surface area contributed by atoms with Gasteiger partial charge in [0.25, 0.3) is 0 Å². The zero-order valence-electron chi connectivity index (χ0n) is 10.1. The Morgan fingerprint density at radius 1 is 1.00 bits per heavy atom. The van der Waals surface area contributed by atoms with E-state index in [1.807, 2.05) is 0 Å². The number of hydrogen-bond donors (Lipinski definition) is 0. The second kappa shape index (κ2) is 4.18. The van der Waals surface area contributed by atoms with Crippen LogP contribution in [0.1, 0.15) is 0 Å². The highest BCUT2D eigenvalue weighted by molar-refractivity contribution is 6.19. The zero-order valence-corrected chi connectivity index (χ0v) is 10.8. The lowest BCUT2D eigenvalue weighted by Gasteiger charge is -2.10. The minimum absolute atomic E-state index is 0.0658. The molecule has 20 heavy (non-hydrogen) atoms. The Labute approximate surface area is 118 Å². The van der Waals surface area contributed by atoms with Crippen LogP contribution >= 0.6 is 11.6 Å². The molecule has 4 nitrogen and oxygen atoms in total. The average molecular weight is 295 g/mol. The van der Waals surface area contributed by atoms with Gasteiger partial charge in [0, 0.05) is 5.56 Å². The summed E-state index contributed by atoms with van der Waals surface area (Å²) in [5.74, 6) is 0.390. The molecule has 2 aromatic carbocycles. The maximum atomic E-state index is 14.2. The van der Waals surface area contributed by atoms with Crippen LogP contribution in [-0.2, 0) is 0 Å². The number of halogens is 2. The van der Waals surface area contributed by atoms with Crippen LogP contribution in [-0.4, -0.2) is 12.5 Å². The molecule has 6 heteroatoms. The summed E-state index contributed by atoms with van der Waals surface area (Å²) in [6.45, 7) is 0.0658. The molecule has 0 amide bonds. The Morgan fingerprint density at radius 2 is 1.90 bits per heavy atom. The quantitative estimate of drug-likeness (QED) is 0.754. The Kier molecular flexibility index (Phi) is 2.44. The molecular formula is C14H8ClFO4. The summed E-state index contributed by atoms with van der Waals surface area (Å²) in [4.78, 5) is 0. The minimum atomic E-state index is -0.914. The van der Waals surface area contributed by atoms with Crippen LogP contribution < -0.4 is 18.9 Å². The van der Waals surface area contributed by atoms with Crippen LogP contribution in [0.2, 0.25) is 0 Å². The maximum absolute atomic E-state index is 14.2. The molecule has 0 aromatic heterocycles. The van der Waals surface area contributed by atoms with Gasteiger partial charge in [-0.3, -0.25) is 0 Å². The molecule has 2 aliphatic rings. The smallest absolute Gasteiger partial charge is 0.322 e. The summed E-state index contributed by atoms with van der Waals surface area (Å²) in [7, 11) is 0. The molecule has 0 saturated heterocycles. The fourth-order valence-corrected chi connectivity index (χ4v) is 2.53. The summed E-state index contributed by atoms with van der Waals surface area (Å²) in [6.07, 6.45) is 0. The standard InChI is InChI=1S/C14H8ClFO4/c15-14-19-10-3-1-2-7(12(10)20-14)11-8(16)4-5-9-13(11)18-6-17-9/h1-5,14H,6H2. The fourth-order valence-electron chi connectivity index (χ4n) is 2.34. The number of alkyl halides is 1. The Hall–Kier alpha value is -2.14. The molecule has 2 aromatic rings. The molecule has 0 saturated carbocycles. The summed E-state index contributed by atoms with van der Waals surface area (Å²) < 4.78 is 35.5. The first-order chi connectivity index (χ1) is 9.74.